The number of carbonyl (C=O) groups excluding carboxylic acids is 1. The van der Waals surface area contributed by atoms with E-state index in [1.54, 1.807) is 24.3 Å². The normalized spacial score (nSPS) is 23.5. The Balaban J connectivity index is 0.00000171. The molecule has 2 aromatic carbocycles. The van der Waals surface area contributed by atoms with Crippen LogP contribution in [0.3, 0.4) is 0 Å². The highest BCUT2D eigenvalue weighted by Gasteiger charge is 2.60. The second-order valence-corrected chi connectivity index (χ2v) is 9.40. The lowest BCUT2D eigenvalue weighted by Crippen LogP contribution is -2.37. The molecule has 35 heavy (non-hydrogen) atoms. The third-order valence-electron chi connectivity index (χ3n) is 5.46. The first-order chi connectivity index (χ1) is 15.5. The smallest absolute Gasteiger partial charge is 0.446 e. The highest BCUT2D eigenvalue weighted by Crippen LogP contribution is 2.59. The Kier molecular flexibility index (Phi) is 6.45. The number of rotatable bonds is 4. The fraction of sp³-hybridized carbons (Fsp3) is 0.150. The van der Waals surface area contributed by atoms with Gasteiger partial charge >= 0.3 is 16.4 Å². The molecular weight excluding hydrogens is 508 g/mol. The molecule has 3 atom stereocenters. The van der Waals surface area contributed by atoms with Gasteiger partial charge in [0.2, 0.25) is 0 Å². The van der Waals surface area contributed by atoms with E-state index in [9.17, 15) is 26.2 Å². The summed E-state index contributed by atoms with van der Waals surface area (Å²) >= 11 is 0. The van der Waals surface area contributed by atoms with Gasteiger partial charge in [0.15, 0.2) is 5.60 Å². The van der Waals surface area contributed by atoms with Gasteiger partial charge in [0, 0.05) is 29.2 Å². The number of hydrogen-bond acceptors (Lipinski definition) is 10. The Morgan fingerprint density at radius 2 is 1.43 bits per heavy atom. The Bertz CT molecular complexity index is 1380. The van der Waals surface area contributed by atoms with Gasteiger partial charge in [0.05, 0.1) is 5.92 Å². The molecule has 1 aliphatic carbocycles. The van der Waals surface area contributed by atoms with E-state index in [0.29, 0.717) is 11.1 Å². The molecule has 1 saturated heterocycles. The Morgan fingerprint density at radius 3 is 1.97 bits per heavy atom. The summed E-state index contributed by atoms with van der Waals surface area (Å²) in [5.41, 5.74) is -0.698. The van der Waals surface area contributed by atoms with Crippen LogP contribution in [-0.4, -0.2) is 31.9 Å². The van der Waals surface area contributed by atoms with Crippen molar-refractivity contribution in [3.8, 4) is 23.0 Å². The molecule has 5 rings (SSSR count). The summed E-state index contributed by atoms with van der Waals surface area (Å²) in [5.74, 6) is -2.27. The van der Waals surface area contributed by atoms with Crippen LogP contribution in [0.5, 0.6) is 23.0 Å². The van der Waals surface area contributed by atoms with Gasteiger partial charge in [-0.25, -0.2) is 8.42 Å². The van der Waals surface area contributed by atoms with Crippen LogP contribution in [-0.2, 0) is 35.9 Å². The maximum atomic E-state index is 12.8. The molecule has 3 unspecified atom stereocenters. The summed E-state index contributed by atoms with van der Waals surface area (Å²) in [7, 11) is -9.90. The van der Waals surface area contributed by atoms with Gasteiger partial charge in [-0.05, 0) is 24.3 Å². The zero-order chi connectivity index (χ0) is 23.6. The van der Waals surface area contributed by atoms with Crippen molar-refractivity contribution in [2.24, 2.45) is 11.8 Å². The highest BCUT2D eigenvalue weighted by atomic mass is 32.3. The van der Waals surface area contributed by atoms with Crippen molar-refractivity contribution in [2.75, 3.05) is 0 Å². The third kappa shape index (κ3) is 4.47. The van der Waals surface area contributed by atoms with Gasteiger partial charge in [0.1, 0.15) is 23.0 Å². The third-order valence-corrected chi connectivity index (χ3v) is 6.26. The van der Waals surface area contributed by atoms with Gasteiger partial charge in [-0.2, -0.15) is 8.42 Å². The molecule has 0 amide bonds. The number of fused-ring (bicyclic) bond motifs is 6. The first-order valence-corrected chi connectivity index (χ1v) is 12.0. The quantitative estimate of drug-likeness (QED) is 0.295. The largest absolute Gasteiger partial charge is 0.716 e. The van der Waals surface area contributed by atoms with Gasteiger partial charge in [-0.15, -0.1) is 0 Å². The molecule has 13 nitrogen and oxygen atoms in total. The van der Waals surface area contributed by atoms with Gasteiger partial charge in [-0.1, -0.05) is 24.3 Å². The number of esters is 1. The number of benzene rings is 2. The van der Waals surface area contributed by atoms with Crippen LogP contribution in [0.2, 0.25) is 0 Å². The van der Waals surface area contributed by atoms with Crippen LogP contribution < -0.4 is 25.4 Å². The SMILES string of the molecule is O=C1OC2(c3ccc(OS(=O)(=O)[O-])cc3Oc3cc(OS(=O)(=O)O)ccc32)C2C=CC=CC12.[NH4+].[NH4+]. The minimum Gasteiger partial charge on any atom is -0.716 e. The summed E-state index contributed by atoms with van der Waals surface area (Å²) in [6.07, 6.45) is 6.93. The standard InChI is InChI=1S/C20H14O11S2.2H3N/c21-19-13-3-1-2-4-14(13)20(29-19)15-7-5-11(30-32(22,23)24)9-17(15)28-18-10-12(6-8-16(18)20)31-33(25,26)27;;/h1-10,13-14H,(H,22,23,24)(H,25,26,27);2*1H3/p+1. The molecule has 15 heteroatoms. The Hall–Kier alpha value is -3.47. The number of ether oxygens (including phenoxy) is 2. The first kappa shape index (κ1) is 26.1. The number of quaternary nitrogens is 2. The monoisotopic (exact) mass is 529 g/mol. The zero-order valence-electron chi connectivity index (χ0n) is 18.3. The molecular formula is C20H21N2O11S2+. The molecule has 2 heterocycles. The van der Waals surface area contributed by atoms with Crippen LogP contribution in [0.15, 0.2) is 60.7 Å². The van der Waals surface area contributed by atoms with E-state index in [1.165, 1.54) is 24.3 Å². The minimum absolute atomic E-state index is 0. The second-order valence-electron chi connectivity index (χ2n) is 7.40. The molecule has 0 saturated carbocycles. The molecule has 3 aliphatic rings. The lowest BCUT2D eigenvalue weighted by Gasteiger charge is -2.39. The fourth-order valence-corrected chi connectivity index (χ4v) is 5.07. The van der Waals surface area contributed by atoms with E-state index < -0.39 is 44.2 Å². The average Bonchev–Trinajstić information content (AvgIpc) is 2.99. The molecule has 1 spiro atoms. The topological polar surface area (TPSA) is 239 Å². The van der Waals surface area contributed by atoms with Crippen LogP contribution in [0.1, 0.15) is 11.1 Å². The van der Waals surface area contributed by atoms with Crippen molar-refractivity contribution < 1.29 is 48.6 Å². The molecule has 0 bridgehead atoms. The Morgan fingerprint density at radius 1 is 0.886 bits per heavy atom. The number of hydrogen-bond donors (Lipinski definition) is 3. The summed E-state index contributed by atoms with van der Waals surface area (Å²) in [6.45, 7) is 0. The van der Waals surface area contributed by atoms with Crippen molar-refractivity contribution in [3.63, 3.8) is 0 Å². The molecule has 188 valence electrons. The first-order valence-electron chi connectivity index (χ1n) is 9.33. The number of carbonyl (C=O) groups is 1. The van der Waals surface area contributed by atoms with E-state index in [4.69, 9.17) is 14.0 Å². The summed E-state index contributed by atoms with van der Waals surface area (Å²) < 4.78 is 84.9. The van der Waals surface area contributed by atoms with Crippen LogP contribution in [0.4, 0.5) is 0 Å². The van der Waals surface area contributed by atoms with E-state index in [-0.39, 0.29) is 35.3 Å². The molecule has 1 fully saturated rings. The predicted molar refractivity (Wildman–Crippen MR) is 120 cm³/mol. The fourth-order valence-electron chi connectivity index (χ4n) is 4.38. The molecule has 2 aliphatic heterocycles. The van der Waals surface area contributed by atoms with Crippen LogP contribution in [0, 0.1) is 11.8 Å². The maximum absolute atomic E-state index is 12.8. The van der Waals surface area contributed by atoms with Crippen LogP contribution in [0.25, 0.3) is 0 Å². The Labute approximate surface area is 200 Å². The maximum Gasteiger partial charge on any atom is 0.446 e. The molecule has 2 aromatic rings. The lowest BCUT2D eigenvalue weighted by atomic mass is 9.70. The van der Waals surface area contributed by atoms with E-state index >= 15 is 0 Å². The van der Waals surface area contributed by atoms with E-state index in [0.717, 1.165) is 12.1 Å². The average molecular weight is 530 g/mol. The predicted octanol–water partition coefficient (Wildman–Crippen LogP) is 2.72. The lowest BCUT2D eigenvalue weighted by molar-refractivity contribution is -0.148. The van der Waals surface area contributed by atoms with Crippen LogP contribution >= 0.6 is 0 Å². The van der Waals surface area contributed by atoms with Crippen molar-refractivity contribution in [3.05, 3.63) is 71.8 Å². The van der Waals surface area contributed by atoms with Gasteiger partial charge in [-0.3, -0.25) is 9.35 Å². The zero-order valence-corrected chi connectivity index (χ0v) is 19.9. The molecule has 9 N–H and O–H groups in total. The van der Waals surface area contributed by atoms with Crippen molar-refractivity contribution >= 4 is 26.8 Å². The number of allylic oxidation sites excluding steroid dienone is 2. The molecule has 0 radical (unpaired) electrons. The van der Waals surface area contributed by atoms with Gasteiger partial charge < -0.3 is 34.7 Å². The van der Waals surface area contributed by atoms with Gasteiger partial charge in [0.25, 0.3) is 10.4 Å². The van der Waals surface area contributed by atoms with Crippen molar-refractivity contribution in [1.29, 1.82) is 0 Å². The second kappa shape index (κ2) is 8.63. The van der Waals surface area contributed by atoms with E-state index in [1.807, 2.05) is 0 Å². The summed E-state index contributed by atoms with van der Waals surface area (Å²) in [4.78, 5) is 12.8. The van der Waals surface area contributed by atoms with E-state index in [2.05, 4.69) is 8.37 Å². The molecule has 0 aromatic heterocycles. The minimum atomic E-state index is -5.07. The summed E-state index contributed by atoms with van der Waals surface area (Å²) in [5, 5.41) is 0. The van der Waals surface area contributed by atoms with Crippen molar-refractivity contribution in [2.45, 2.75) is 5.60 Å². The van der Waals surface area contributed by atoms with Crippen molar-refractivity contribution in [1.82, 2.24) is 12.3 Å². The highest BCUT2D eigenvalue weighted by molar-refractivity contribution is 7.81. The summed E-state index contributed by atoms with van der Waals surface area (Å²) in [6, 6.07) is 7.64.